The zero-order valence-electron chi connectivity index (χ0n) is 11.8. The molecule has 0 radical (unpaired) electrons. The van der Waals surface area contributed by atoms with Gasteiger partial charge in [0.15, 0.2) is 0 Å². The highest BCUT2D eigenvalue weighted by Crippen LogP contribution is 2.36. The van der Waals surface area contributed by atoms with Gasteiger partial charge in [0.25, 0.3) is 0 Å². The van der Waals surface area contributed by atoms with E-state index in [4.69, 9.17) is 4.74 Å². The van der Waals surface area contributed by atoms with Crippen LogP contribution in [-0.2, 0) is 4.79 Å². The SMILES string of the molecule is COc1ccccc1NC(=O)C1(C#N)CCCCCC1. The molecule has 1 aliphatic carbocycles. The van der Waals surface area contributed by atoms with Crippen molar-refractivity contribution < 1.29 is 9.53 Å². The first-order chi connectivity index (χ1) is 9.72. The number of nitriles is 1. The van der Waals surface area contributed by atoms with Gasteiger partial charge in [-0.05, 0) is 25.0 Å². The standard InChI is InChI=1S/C16H20N2O2/c1-20-14-9-5-4-8-13(14)18-15(19)16(12-17)10-6-2-3-7-11-16/h4-5,8-9H,2-3,6-7,10-11H2,1H3,(H,18,19). The van der Waals surface area contributed by atoms with Crippen LogP contribution >= 0.6 is 0 Å². The van der Waals surface area contributed by atoms with E-state index in [1.165, 1.54) is 0 Å². The van der Waals surface area contributed by atoms with Crippen molar-refractivity contribution in [1.82, 2.24) is 0 Å². The molecule has 2 rings (SSSR count). The number of hydrogen-bond donors (Lipinski definition) is 1. The number of rotatable bonds is 3. The maximum Gasteiger partial charge on any atom is 0.244 e. The second kappa shape index (κ2) is 6.42. The molecule has 4 nitrogen and oxygen atoms in total. The van der Waals surface area contributed by atoms with Gasteiger partial charge in [0, 0.05) is 0 Å². The molecule has 4 heteroatoms. The number of nitrogens with one attached hydrogen (secondary N) is 1. The largest absolute Gasteiger partial charge is 0.495 e. The van der Waals surface area contributed by atoms with Crippen LogP contribution in [0.1, 0.15) is 38.5 Å². The molecule has 20 heavy (non-hydrogen) atoms. The number of benzene rings is 1. The fourth-order valence-electron chi connectivity index (χ4n) is 2.71. The molecule has 1 aliphatic rings. The van der Waals surface area contributed by atoms with Crippen molar-refractivity contribution in [2.24, 2.45) is 5.41 Å². The lowest BCUT2D eigenvalue weighted by atomic mass is 9.81. The van der Waals surface area contributed by atoms with Crippen LogP contribution in [0.4, 0.5) is 5.69 Å². The summed E-state index contributed by atoms with van der Waals surface area (Å²) in [6.07, 6.45) is 5.37. The van der Waals surface area contributed by atoms with Crippen LogP contribution in [0.5, 0.6) is 5.75 Å². The molecule has 1 fully saturated rings. The van der Waals surface area contributed by atoms with Crippen molar-refractivity contribution in [1.29, 1.82) is 5.26 Å². The van der Waals surface area contributed by atoms with Crippen molar-refractivity contribution in [2.75, 3.05) is 12.4 Å². The molecule has 0 saturated heterocycles. The average Bonchev–Trinajstić information content (AvgIpc) is 2.74. The molecular weight excluding hydrogens is 252 g/mol. The van der Waals surface area contributed by atoms with Crippen LogP contribution in [0, 0.1) is 16.7 Å². The Bertz CT molecular complexity index is 511. The number of carbonyl (C=O) groups is 1. The second-order valence-corrected chi connectivity index (χ2v) is 5.26. The molecule has 0 heterocycles. The van der Waals surface area contributed by atoms with Crippen LogP contribution in [-0.4, -0.2) is 13.0 Å². The highest BCUT2D eigenvalue weighted by atomic mass is 16.5. The summed E-state index contributed by atoms with van der Waals surface area (Å²) in [6, 6.07) is 9.53. The number of carbonyl (C=O) groups excluding carboxylic acids is 1. The molecular formula is C16H20N2O2. The van der Waals surface area contributed by atoms with Gasteiger partial charge in [0.05, 0.1) is 18.9 Å². The number of nitrogens with zero attached hydrogens (tertiary/aromatic N) is 1. The third kappa shape index (κ3) is 2.93. The monoisotopic (exact) mass is 272 g/mol. The molecule has 1 aromatic rings. The van der Waals surface area contributed by atoms with Gasteiger partial charge in [-0.25, -0.2) is 0 Å². The summed E-state index contributed by atoms with van der Waals surface area (Å²) >= 11 is 0. The van der Waals surface area contributed by atoms with E-state index < -0.39 is 5.41 Å². The minimum absolute atomic E-state index is 0.202. The molecule has 1 saturated carbocycles. The molecule has 1 aromatic carbocycles. The molecule has 0 aliphatic heterocycles. The van der Waals surface area contributed by atoms with E-state index in [0.29, 0.717) is 24.3 Å². The maximum atomic E-state index is 12.6. The first-order valence-corrected chi connectivity index (χ1v) is 7.07. The highest BCUT2D eigenvalue weighted by molar-refractivity contribution is 5.98. The number of amides is 1. The number of ether oxygens (including phenoxy) is 1. The normalized spacial score (nSPS) is 17.6. The van der Waals surface area contributed by atoms with Gasteiger partial charge in [0.1, 0.15) is 11.2 Å². The fourth-order valence-corrected chi connectivity index (χ4v) is 2.71. The van der Waals surface area contributed by atoms with E-state index in [0.717, 1.165) is 25.7 Å². The molecule has 0 aromatic heterocycles. The lowest BCUT2D eigenvalue weighted by Crippen LogP contribution is -2.34. The summed E-state index contributed by atoms with van der Waals surface area (Å²) < 4.78 is 5.23. The Morgan fingerprint density at radius 1 is 1.25 bits per heavy atom. The maximum absolute atomic E-state index is 12.6. The summed E-state index contributed by atoms with van der Waals surface area (Å²) in [7, 11) is 1.57. The van der Waals surface area contributed by atoms with Crippen molar-refractivity contribution in [2.45, 2.75) is 38.5 Å². The predicted molar refractivity (Wildman–Crippen MR) is 77.4 cm³/mol. The first-order valence-electron chi connectivity index (χ1n) is 7.07. The molecule has 0 spiro atoms. The Labute approximate surface area is 119 Å². The third-order valence-electron chi connectivity index (χ3n) is 3.96. The molecule has 1 amide bonds. The number of hydrogen-bond acceptors (Lipinski definition) is 3. The van der Waals surface area contributed by atoms with E-state index in [-0.39, 0.29) is 5.91 Å². The fraction of sp³-hybridized carbons (Fsp3) is 0.500. The average molecular weight is 272 g/mol. The van der Waals surface area contributed by atoms with Crippen molar-refractivity contribution in [3.63, 3.8) is 0 Å². The predicted octanol–water partition coefficient (Wildman–Crippen LogP) is 3.50. The Morgan fingerprint density at radius 2 is 1.90 bits per heavy atom. The van der Waals surface area contributed by atoms with Gasteiger partial charge < -0.3 is 10.1 Å². The van der Waals surface area contributed by atoms with Gasteiger partial charge >= 0.3 is 0 Å². The lowest BCUT2D eigenvalue weighted by molar-refractivity contribution is -0.123. The number of anilines is 1. The van der Waals surface area contributed by atoms with Gasteiger partial charge in [0.2, 0.25) is 5.91 Å². The van der Waals surface area contributed by atoms with E-state index in [9.17, 15) is 10.1 Å². The lowest BCUT2D eigenvalue weighted by Gasteiger charge is -2.24. The molecule has 0 atom stereocenters. The number of para-hydroxylation sites is 2. The Kier molecular flexibility index (Phi) is 4.62. The zero-order valence-corrected chi connectivity index (χ0v) is 11.8. The van der Waals surface area contributed by atoms with E-state index in [2.05, 4.69) is 11.4 Å². The molecule has 1 N–H and O–H groups in total. The van der Waals surface area contributed by atoms with Crippen LogP contribution in [0.15, 0.2) is 24.3 Å². The highest BCUT2D eigenvalue weighted by Gasteiger charge is 2.39. The first kappa shape index (κ1) is 14.4. The van der Waals surface area contributed by atoms with Gasteiger partial charge in [-0.1, -0.05) is 37.8 Å². The summed E-state index contributed by atoms with van der Waals surface area (Å²) in [5, 5.41) is 12.4. The Morgan fingerprint density at radius 3 is 2.50 bits per heavy atom. The summed E-state index contributed by atoms with van der Waals surface area (Å²) in [5.74, 6) is 0.411. The van der Waals surface area contributed by atoms with Gasteiger partial charge in [-0.15, -0.1) is 0 Å². The topological polar surface area (TPSA) is 62.1 Å². The van der Waals surface area contributed by atoms with Crippen molar-refractivity contribution in [3.05, 3.63) is 24.3 Å². The van der Waals surface area contributed by atoms with Crippen LogP contribution in [0.25, 0.3) is 0 Å². The van der Waals surface area contributed by atoms with Gasteiger partial charge in [-0.2, -0.15) is 5.26 Å². The Balaban J connectivity index is 2.19. The van der Waals surface area contributed by atoms with E-state index in [1.807, 2.05) is 12.1 Å². The molecule has 0 bridgehead atoms. The van der Waals surface area contributed by atoms with Crippen LogP contribution in [0.3, 0.4) is 0 Å². The second-order valence-electron chi connectivity index (χ2n) is 5.26. The number of methoxy groups -OCH3 is 1. The zero-order chi connectivity index (χ0) is 14.4. The summed E-state index contributed by atoms with van der Waals surface area (Å²) in [4.78, 5) is 12.6. The van der Waals surface area contributed by atoms with E-state index >= 15 is 0 Å². The van der Waals surface area contributed by atoms with Crippen LogP contribution < -0.4 is 10.1 Å². The smallest absolute Gasteiger partial charge is 0.244 e. The van der Waals surface area contributed by atoms with Crippen LogP contribution in [0.2, 0.25) is 0 Å². The van der Waals surface area contributed by atoms with Gasteiger partial charge in [-0.3, -0.25) is 4.79 Å². The minimum atomic E-state index is -0.892. The van der Waals surface area contributed by atoms with E-state index in [1.54, 1.807) is 19.2 Å². The summed E-state index contributed by atoms with van der Waals surface area (Å²) in [5.41, 5.74) is -0.268. The minimum Gasteiger partial charge on any atom is -0.495 e. The molecule has 106 valence electrons. The molecule has 0 unspecified atom stereocenters. The van der Waals surface area contributed by atoms with Crippen molar-refractivity contribution in [3.8, 4) is 11.8 Å². The summed E-state index contributed by atoms with van der Waals surface area (Å²) in [6.45, 7) is 0. The quantitative estimate of drug-likeness (QED) is 0.857. The Hall–Kier alpha value is -2.02. The van der Waals surface area contributed by atoms with Crippen molar-refractivity contribution >= 4 is 11.6 Å². The third-order valence-corrected chi connectivity index (χ3v) is 3.96.